The van der Waals surface area contributed by atoms with Crippen LogP contribution in [0.25, 0.3) is 0 Å². The summed E-state index contributed by atoms with van der Waals surface area (Å²) in [5, 5.41) is 0. The first-order valence-electron chi connectivity index (χ1n) is 5.18. The lowest BCUT2D eigenvalue weighted by atomic mass is 10.1. The molecule has 1 aliphatic heterocycles. The largest absolute Gasteiger partial charge is 0.416 e. The molecule has 0 spiro atoms. The van der Waals surface area contributed by atoms with Gasteiger partial charge in [-0.1, -0.05) is 12.1 Å². The zero-order valence-corrected chi connectivity index (χ0v) is 11.2. The SMILES string of the molecule is Br.NC1=NCCN1Cc1ccc(C(F)(F)F)cc1. The first-order valence-corrected chi connectivity index (χ1v) is 5.18. The number of hydrogen-bond donors (Lipinski definition) is 1. The first kappa shape index (κ1) is 14.8. The van der Waals surface area contributed by atoms with Gasteiger partial charge in [0, 0.05) is 13.1 Å². The molecule has 0 amide bonds. The number of rotatable bonds is 2. The second-order valence-electron chi connectivity index (χ2n) is 3.86. The molecule has 0 saturated carbocycles. The van der Waals surface area contributed by atoms with Crippen LogP contribution in [0.15, 0.2) is 29.3 Å². The lowest BCUT2D eigenvalue weighted by Crippen LogP contribution is -2.33. The number of halogens is 4. The number of nitrogens with zero attached hydrogens (tertiary/aromatic N) is 2. The molecule has 3 nitrogen and oxygen atoms in total. The van der Waals surface area contributed by atoms with E-state index < -0.39 is 11.7 Å². The average Bonchev–Trinajstić information content (AvgIpc) is 2.64. The molecule has 0 aromatic heterocycles. The Morgan fingerprint density at radius 1 is 1.22 bits per heavy atom. The van der Waals surface area contributed by atoms with E-state index in [0.29, 0.717) is 25.6 Å². The maximum Gasteiger partial charge on any atom is 0.416 e. The highest BCUT2D eigenvalue weighted by molar-refractivity contribution is 8.93. The Morgan fingerprint density at radius 3 is 2.28 bits per heavy atom. The first-order chi connectivity index (χ1) is 7.97. The van der Waals surface area contributed by atoms with Gasteiger partial charge in [0.1, 0.15) is 0 Å². The fourth-order valence-corrected chi connectivity index (χ4v) is 1.68. The summed E-state index contributed by atoms with van der Waals surface area (Å²) in [6, 6.07) is 5.10. The van der Waals surface area contributed by atoms with Crippen LogP contribution in [0.5, 0.6) is 0 Å². The topological polar surface area (TPSA) is 41.6 Å². The zero-order valence-electron chi connectivity index (χ0n) is 9.44. The van der Waals surface area contributed by atoms with E-state index in [0.717, 1.165) is 17.7 Å². The van der Waals surface area contributed by atoms with Gasteiger partial charge < -0.3 is 10.6 Å². The molecule has 1 aromatic carbocycles. The van der Waals surface area contributed by atoms with Crippen molar-refractivity contribution in [3.63, 3.8) is 0 Å². The summed E-state index contributed by atoms with van der Waals surface area (Å²) in [5.74, 6) is 0.449. The molecule has 0 unspecified atom stereocenters. The monoisotopic (exact) mass is 323 g/mol. The van der Waals surface area contributed by atoms with Gasteiger partial charge in [0.15, 0.2) is 5.96 Å². The molecular weight excluding hydrogens is 311 g/mol. The van der Waals surface area contributed by atoms with Crippen molar-refractivity contribution in [1.82, 2.24) is 4.90 Å². The van der Waals surface area contributed by atoms with Gasteiger partial charge in [-0.15, -0.1) is 17.0 Å². The van der Waals surface area contributed by atoms with Crippen LogP contribution < -0.4 is 5.73 Å². The molecule has 0 fully saturated rings. The Labute approximate surface area is 113 Å². The number of benzene rings is 1. The number of alkyl halides is 3. The summed E-state index contributed by atoms with van der Waals surface area (Å²) in [5.41, 5.74) is 5.78. The van der Waals surface area contributed by atoms with Crippen LogP contribution >= 0.6 is 17.0 Å². The average molecular weight is 324 g/mol. The van der Waals surface area contributed by atoms with E-state index in [1.54, 1.807) is 0 Å². The van der Waals surface area contributed by atoms with Crippen LogP contribution in [0.4, 0.5) is 13.2 Å². The van der Waals surface area contributed by atoms with Crippen LogP contribution in [0.3, 0.4) is 0 Å². The molecule has 1 aromatic rings. The minimum atomic E-state index is -4.29. The predicted octanol–water partition coefficient (Wildman–Crippen LogP) is 2.41. The quantitative estimate of drug-likeness (QED) is 0.908. The molecular formula is C11H13BrF3N3. The summed E-state index contributed by atoms with van der Waals surface area (Å²) in [7, 11) is 0. The van der Waals surface area contributed by atoms with Gasteiger partial charge in [0.05, 0.1) is 12.1 Å². The van der Waals surface area contributed by atoms with Gasteiger partial charge >= 0.3 is 6.18 Å². The number of hydrogen-bond acceptors (Lipinski definition) is 3. The van der Waals surface area contributed by atoms with Crippen molar-refractivity contribution in [1.29, 1.82) is 0 Å². The third-order valence-corrected chi connectivity index (χ3v) is 2.62. The van der Waals surface area contributed by atoms with E-state index in [1.165, 1.54) is 12.1 Å². The molecule has 0 aliphatic carbocycles. The van der Waals surface area contributed by atoms with Crippen molar-refractivity contribution in [3.05, 3.63) is 35.4 Å². The maximum absolute atomic E-state index is 12.3. The highest BCUT2D eigenvalue weighted by Gasteiger charge is 2.30. The van der Waals surface area contributed by atoms with E-state index in [1.807, 2.05) is 4.90 Å². The maximum atomic E-state index is 12.3. The summed E-state index contributed by atoms with van der Waals surface area (Å²) < 4.78 is 37.0. The van der Waals surface area contributed by atoms with Gasteiger partial charge in [0.2, 0.25) is 0 Å². The molecule has 0 atom stereocenters. The second kappa shape index (κ2) is 5.60. The van der Waals surface area contributed by atoms with Gasteiger partial charge in [0.25, 0.3) is 0 Å². The lowest BCUT2D eigenvalue weighted by molar-refractivity contribution is -0.137. The zero-order chi connectivity index (χ0) is 12.5. The standard InChI is InChI=1S/C11H12F3N3.BrH/c12-11(13,14)9-3-1-8(2-4-9)7-17-6-5-16-10(17)15;/h1-4H,5-7H2,(H2,15,16);1H. The van der Waals surface area contributed by atoms with Gasteiger partial charge in [-0.2, -0.15) is 13.2 Å². The highest BCUT2D eigenvalue weighted by Crippen LogP contribution is 2.29. The van der Waals surface area contributed by atoms with Crippen LogP contribution in [0.1, 0.15) is 11.1 Å². The van der Waals surface area contributed by atoms with Crippen LogP contribution in [0, 0.1) is 0 Å². The smallest absolute Gasteiger partial charge is 0.370 e. The molecule has 2 N–H and O–H groups in total. The Bertz CT molecular complexity index is 428. The van der Waals surface area contributed by atoms with Crippen LogP contribution in [0.2, 0.25) is 0 Å². The highest BCUT2D eigenvalue weighted by atomic mass is 79.9. The third kappa shape index (κ3) is 3.38. The van der Waals surface area contributed by atoms with Crippen molar-refractivity contribution in [3.8, 4) is 0 Å². The van der Waals surface area contributed by atoms with Crippen molar-refractivity contribution in [2.75, 3.05) is 13.1 Å². The minimum absolute atomic E-state index is 0. The van der Waals surface area contributed by atoms with E-state index in [2.05, 4.69) is 4.99 Å². The fourth-order valence-electron chi connectivity index (χ4n) is 1.68. The van der Waals surface area contributed by atoms with Gasteiger partial charge in [-0.05, 0) is 17.7 Å². The van der Waals surface area contributed by atoms with E-state index in [-0.39, 0.29) is 17.0 Å². The molecule has 100 valence electrons. The summed E-state index contributed by atoms with van der Waals surface area (Å²) in [6.45, 7) is 1.85. The van der Waals surface area contributed by atoms with E-state index in [9.17, 15) is 13.2 Å². The van der Waals surface area contributed by atoms with Crippen LogP contribution in [-0.2, 0) is 12.7 Å². The third-order valence-electron chi connectivity index (χ3n) is 2.62. The molecule has 0 saturated heterocycles. The second-order valence-corrected chi connectivity index (χ2v) is 3.86. The molecule has 1 heterocycles. The molecule has 2 rings (SSSR count). The van der Waals surface area contributed by atoms with E-state index in [4.69, 9.17) is 5.73 Å². The minimum Gasteiger partial charge on any atom is -0.370 e. The molecule has 1 aliphatic rings. The summed E-state index contributed by atoms with van der Waals surface area (Å²) >= 11 is 0. The lowest BCUT2D eigenvalue weighted by Gasteiger charge is -2.17. The Morgan fingerprint density at radius 2 is 1.83 bits per heavy atom. The molecule has 0 radical (unpaired) electrons. The Balaban J connectivity index is 0.00000162. The van der Waals surface area contributed by atoms with Gasteiger partial charge in [-0.3, -0.25) is 4.99 Å². The summed E-state index contributed by atoms with van der Waals surface area (Å²) in [6.07, 6.45) is -4.29. The number of nitrogens with two attached hydrogens (primary N) is 1. The van der Waals surface area contributed by atoms with Crippen molar-refractivity contribution >= 4 is 22.9 Å². The Hall–Kier alpha value is -1.24. The number of guanidine groups is 1. The fraction of sp³-hybridized carbons (Fsp3) is 0.364. The Kier molecular flexibility index (Phi) is 4.61. The number of aliphatic imine (C=N–C) groups is 1. The van der Waals surface area contributed by atoms with Crippen molar-refractivity contribution in [2.24, 2.45) is 10.7 Å². The van der Waals surface area contributed by atoms with Gasteiger partial charge in [-0.25, -0.2) is 0 Å². The molecule has 7 heteroatoms. The van der Waals surface area contributed by atoms with Crippen molar-refractivity contribution in [2.45, 2.75) is 12.7 Å². The molecule has 0 bridgehead atoms. The normalized spacial score (nSPS) is 15.3. The molecule has 18 heavy (non-hydrogen) atoms. The predicted molar refractivity (Wildman–Crippen MR) is 68.7 cm³/mol. The van der Waals surface area contributed by atoms with Crippen LogP contribution in [-0.4, -0.2) is 23.9 Å². The summed E-state index contributed by atoms with van der Waals surface area (Å²) in [4.78, 5) is 5.85. The van der Waals surface area contributed by atoms with E-state index >= 15 is 0 Å². The van der Waals surface area contributed by atoms with Crippen molar-refractivity contribution < 1.29 is 13.2 Å².